The summed E-state index contributed by atoms with van der Waals surface area (Å²) >= 11 is 1.37. The number of carbonyl (C=O) groups is 3. The first-order valence-electron chi connectivity index (χ1n) is 9.80. The minimum Gasteiger partial charge on any atom is -0.496 e. The van der Waals surface area contributed by atoms with Crippen molar-refractivity contribution in [3.8, 4) is 11.5 Å². The average Bonchev–Trinajstić information content (AvgIpc) is 3.12. The fourth-order valence-corrected chi connectivity index (χ4v) is 4.99. The molecule has 9 heteroatoms. The number of fused-ring (bicyclic) bond motifs is 1. The molecule has 1 heterocycles. The lowest BCUT2D eigenvalue weighted by Gasteiger charge is -2.18. The van der Waals surface area contributed by atoms with Gasteiger partial charge in [-0.3, -0.25) is 4.79 Å². The Kier molecular flexibility index (Phi) is 7.17. The number of anilines is 1. The van der Waals surface area contributed by atoms with Crippen molar-refractivity contribution in [1.29, 1.82) is 0 Å². The summed E-state index contributed by atoms with van der Waals surface area (Å²) in [5, 5.41) is 3.12. The molecule has 0 spiro atoms. The van der Waals surface area contributed by atoms with E-state index in [0.29, 0.717) is 16.5 Å². The number of thiophene rings is 1. The predicted molar refractivity (Wildman–Crippen MR) is 115 cm³/mol. The summed E-state index contributed by atoms with van der Waals surface area (Å²) in [6, 6.07) is 4.87. The van der Waals surface area contributed by atoms with Crippen molar-refractivity contribution >= 4 is 34.2 Å². The highest BCUT2D eigenvalue weighted by molar-refractivity contribution is 7.17. The van der Waals surface area contributed by atoms with E-state index in [1.807, 2.05) is 0 Å². The lowest BCUT2D eigenvalue weighted by Crippen LogP contribution is -2.22. The summed E-state index contributed by atoms with van der Waals surface area (Å²) in [6.07, 6.45) is 2.58. The van der Waals surface area contributed by atoms with Gasteiger partial charge in [0.25, 0.3) is 5.91 Å². The van der Waals surface area contributed by atoms with E-state index in [4.69, 9.17) is 18.9 Å². The first kappa shape index (κ1) is 22.6. The highest BCUT2D eigenvalue weighted by atomic mass is 32.1. The molecule has 1 aromatic carbocycles. The van der Waals surface area contributed by atoms with Gasteiger partial charge in [-0.05, 0) is 42.9 Å². The third-order valence-corrected chi connectivity index (χ3v) is 6.29. The molecule has 1 unspecified atom stereocenters. The third kappa shape index (κ3) is 4.82. The van der Waals surface area contributed by atoms with E-state index in [0.717, 1.165) is 29.7 Å². The highest BCUT2D eigenvalue weighted by Gasteiger charge is 2.29. The number of rotatable bonds is 7. The molecule has 1 aromatic heterocycles. The zero-order valence-corrected chi connectivity index (χ0v) is 18.7. The summed E-state index contributed by atoms with van der Waals surface area (Å²) in [4.78, 5) is 38.5. The van der Waals surface area contributed by atoms with Crippen LogP contribution < -0.4 is 14.8 Å². The highest BCUT2D eigenvalue weighted by Crippen LogP contribution is 2.40. The summed E-state index contributed by atoms with van der Waals surface area (Å²) in [5.41, 5.74) is 1.41. The summed E-state index contributed by atoms with van der Waals surface area (Å²) in [6.45, 7) is 1.63. The van der Waals surface area contributed by atoms with Crippen LogP contribution >= 0.6 is 11.3 Å². The van der Waals surface area contributed by atoms with Gasteiger partial charge in [0, 0.05) is 4.88 Å². The fourth-order valence-electron chi connectivity index (χ4n) is 3.58. The van der Waals surface area contributed by atoms with Crippen LogP contribution in [0.5, 0.6) is 11.5 Å². The van der Waals surface area contributed by atoms with E-state index in [1.54, 1.807) is 18.2 Å². The first-order valence-corrected chi connectivity index (χ1v) is 10.6. The smallest absolute Gasteiger partial charge is 0.346 e. The molecule has 2 aromatic rings. The van der Waals surface area contributed by atoms with Crippen molar-refractivity contribution in [3.63, 3.8) is 0 Å². The molecular weight excluding hydrogens is 422 g/mol. The minimum atomic E-state index is -0.753. The number of ether oxygens (including phenoxy) is 4. The van der Waals surface area contributed by atoms with Gasteiger partial charge in [0.15, 0.2) is 6.61 Å². The normalized spacial score (nSPS) is 14.9. The van der Waals surface area contributed by atoms with E-state index in [2.05, 4.69) is 12.2 Å². The third-order valence-electron chi connectivity index (χ3n) is 5.12. The number of hydrogen-bond acceptors (Lipinski definition) is 8. The monoisotopic (exact) mass is 447 g/mol. The van der Waals surface area contributed by atoms with Crippen molar-refractivity contribution < 1.29 is 33.3 Å². The SMILES string of the molecule is COC(=O)c1c(NC(=O)COC(=O)c2c(OC)cccc2OC)sc2c1CCC(C)C2. The van der Waals surface area contributed by atoms with E-state index >= 15 is 0 Å². The molecule has 0 saturated heterocycles. The Morgan fingerprint density at radius 1 is 1.06 bits per heavy atom. The van der Waals surface area contributed by atoms with Crippen LogP contribution in [0.1, 0.15) is 44.5 Å². The zero-order valence-electron chi connectivity index (χ0n) is 17.9. The van der Waals surface area contributed by atoms with Gasteiger partial charge < -0.3 is 24.3 Å². The van der Waals surface area contributed by atoms with Crippen LogP contribution in [-0.4, -0.2) is 45.8 Å². The molecule has 31 heavy (non-hydrogen) atoms. The minimum absolute atomic E-state index is 0.0936. The molecule has 3 rings (SSSR count). The van der Waals surface area contributed by atoms with Gasteiger partial charge in [0.2, 0.25) is 0 Å². The second kappa shape index (κ2) is 9.82. The quantitative estimate of drug-likeness (QED) is 0.649. The van der Waals surface area contributed by atoms with Crippen molar-refractivity contribution in [3.05, 3.63) is 39.8 Å². The molecule has 0 bridgehead atoms. The van der Waals surface area contributed by atoms with Crippen molar-refractivity contribution in [2.75, 3.05) is 33.3 Å². The molecule has 0 fully saturated rings. The zero-order chi connectivity index (χ0) is 22.5. The van der Waals surface area contributed by atoms with Crippen LogP contribution in [0.2, 0.25) is 0 Å². The van der Waals surface area contributed by atoms with Gasteiger partial charge in [-0.2, -0.15) is 0 Å². The molecule has 1 N–H and O–H groups in total. The van der Waals surface area contributed by atoms with Crippen molar-refractivity contribution in [1.82, 2.24) is 0 Å². The maximum absolute atomic E-state index is 12.5. The second-order valence-electron chi connectivity index (χ2n) is 7.21. The molecule has 1 atom stereocenters. The van der Waals surface area contributed by atoms with Crippen LogP contribution in [0.25, 0.3) is 0 Å². The van der Waals surface area contributed by atoms with Crippen LogP contribution in [0.15, 0.2) is 18.2 Å². The van der Waals surface area contributed by atoms with E-state index in [1.165, 1.54) is 32.7 Å². The van der Waals surface area contributed by atoms with Gasteiger partial charge in [-0.25, -0.2) is 9.59 Å². The molecule has 1 amide bonds. The second-order valence-corrected chi connectivity index (χ2v) is 8.31. The van der Waals surface area contributed by atoms with Crippen LogP contribution in [0.4, 0.5) is 5.00 Å². The number of carbonyl (C=O) groups excluding carboxylic acids is 3. The molecule has 0 saturated carbocycles. The van der Waals surface area contributed by atoms with E-state index in [9.17, 15) is 14.4 Å². The molecule has 1 aliphatic carbocycles. The maximum Gasteiger partial charge on any atom is 0.346 e. The lowest BCUT2D eigenvalue weighted by atomic mass is 9.88. The van der Waals surface area contributed by atoms with Gasteiger partial charge >= 0.3 is 11.9 Å². The van der Waals surface area contributed by atoms with E-state index < -0.39 is 24.5 Å². The number of benzene rings is 1. The summed E-state index contributed by atoms with van der Waals surface area (Å²) < 4.78 is 20.5. The topological polar surface area (TPSA) is 100 Å². The predicted octanol–water partition coefficient (Wildman–Crippen LogP) is 3.47. The Hall–Kier alpha value is -3.07. The Balaban J connectivity index is 1.74. The number of esters is 2. The number of nitrogens with one attached hydrogen (secondary N) is 1. The van der Waals surface area contributed by atoms with Gasteiger partial charge in [-0.15, -0.1) is 11.3 Å². The Morgan fingerprint density at radius 2 is 1.74 bits per heavy atom. The van der Waals surface area contributed by atoms with E-state index in [-0.39, 0.29) is 17.1 Å². The lowest BCUT2D eigenvalue weighted by molar-refractivity contribution is -0.119. The summed E-state index contributed by atoms with van der Waals surface area (Å²) in [7, 11) is 4.16. The molecule has 8 nitrogen and oxygen atoms in total. The Labute approximate surface area is 184 Å². The largest absolute Gasteiger partial charge is 0.496 e. The maximum atomic E-state index is 12.5. The fraction of sp³-hybridized carbons (Fsp3) is 0.409. The van der Waals surface area contributed by atoms with Crippen LogP contribution in [0.3, 0.4) is 0 Å². The van der Waals surface area contributed by atoms with Crippen molar-refractivity contribution in [2.45, 2.75) is 26.2 Å². The van der Waals surface area contributed by atoms with Crippen LogP contribution in [0, 0.1) is 5.92 Å². The molecule has 1 aliphatic rings. The average molecular weight is 448 g/mol. The standard InChI is InChI=1S/C22H25NO7S/c1-12-8-9-13-16(10-12)31-20(18(13)21(25)29-4)23-17(24)11-30-22(26)19-14(27-2)6-5-7-15(19)28-3/h5-7,12H,8-11H2,1-4H3,(H,23,24). The number of methoxy groups -OCH3 is 3. The molecular formula is C22H25NO7S. The molecule has 0 radical (unpaired) electrons. The first-order chi connectivity index (χ1) is 14.9. The summed E-state index contributed by atoms with van der Waals surface area (Å²) in [5.74, 6) is -0.735. The number of amides is 1. The van der Waals surface area contributed by atoms with Crippen LogP contribution in [-0.2, 0) is 27.1 Å². The van der Waals surface area contributed by atoms with Gasteiger partial charge in [0.05, 0.1) is 26.9 Å². The number of hydrogen-bond donors (Lipinski definition) is 1. The van der Waals surface area contributed by atoms with Gasteiger partial charge in [0.1, 0.15) is 22.1 Å². The Morgan fingerprint density at radius 3 is 2.35 bits per heavy atom. The van der Waals surface area contributed by atoms with Crippen molar-refractivity contribution in [2.24, 2.45) is 5.92 Å². The molecule has 0 aliphatic heterocycles. The Bertz CT molecular complexity index is 976. The molecule has 166 valence electrons. The van der Waals surface area contributed by atoms with Gasteiger partial charge in [-0.1, -0.05) is 13.0 Å².